The zero-order valence-electron chi connectivity index (χ0n) is 24.4. The van der Waals surface area contributed by atoms with Crippen LogP contribution in [0.25, 0.3) is 11.0 Å². The van der Waals surface area contributed by atoms with Crippen molar-refractivity contribution in [2.75, 3.05) is 36.5 Å². The molecule has 6 rings (SSSR count). The molecule has 1 aromatic heterocycles. The second kappa shape index (κ2) is 13.0. The quantitative estimate of drug-likeness (QED) is 0.255. The van der Waals surface area contributed by atoms with Gasteiger partial charge in [-0.25, -0.2) is 9.07 Å². The van der Waals surface area contributed by atoms with Crippen molar-refractivity contribution in [2.24, 2.45) is 0 Å². The fourth-order valence-corrected chi connectivity index (χ4v) is 5.40. The number of rotatable bonds is 9. The lowest BCUT2D eigenvalue weighted by molar-refractivity contribution is -0.140. The first-order valence-electron chi connectivity index (χ1n) is 14.6. The number of ether oxygens (including phenoxy) is 1. The minimum atomic E-state index is -1.13. The van der Waals surface area contributed by atoms with E-state index in [0.717, 1.165) is 29.9 Å². The largest absolute Gasteiger partial charge is 0.378 e. The number of fused-ring (bicyclic) bond motifs is 1. The number of nitrogens with one attached hydrogen (secondary N) is 1. The highest BCUT2D eigenvalue weighted by atomic mass is 19.1. The summed E-state index contributed by atoms with van der Waals surface area (Å²) in [4.78, 5) is 32.0. The third kappa shape index (κ3) is 6.60. The number of para-hydroxylation sites is 1. The second-order valence-corrected chi connectivity index (χ2v) is 10.8. The molecule has 224 valence electrons. The molecule has 10 heteroatoms. The van der Waals surface area contributed by atoms with Gasteiger partial charge in [-0.3, -0.25) is 9.59 Å². The summed E-state index contributed by atoms with van der Waals surface area (Å²) in [5, 5.41) is 11.3. The molecule has 2 heterocycles. The molecule has 1 N–H and O–H groups in total. The number of benzene rings is 4. The number of anilines is 2. The first-order valence-corrected chi connectivity index (χ1v) is 14.6. The highest BCUT2D eigenvalue weighted by Crippen LogP contribution is 2.28. The van der Waals surface area contributed by atoms with Crippen molar-refractivity contribution < 1.29 is 18.7 Å². The molecule has 1 unspecified atom stereocenters. The van der Waals surface area contributed by atoms with Crippen LogP contribution in [0.15, 0.2) is 97.1 Å². The smallest absolute Gasteiger partial charge is 0.251 e. The van der Waals surface area contributed by atoms with Crippen LogP contribution in [-0.4, -0.2) is 58.0 Å². The summed E-state index contributed by atoms with van der Waals surface area (Å²) in [6.45, 7) is 4.88. The predicted octanol–water partition coefficient (Wildman–Crippen LogP) is 5.12. The lowest BCUT2D eigenvalue weighted by atomic mass is 10.0. The number of nitrogens with zero attached hydrogens (tertiary/aromatic N) is 5. The number of hydrogen-bond acceptors (Lipinski definition) is 6. The van der Waals surface area contributed by atoms with Crippen LogP contribution in [0.1, 0.15) is 22.7 Å². The van der Waals surface area contributed by atoms with Crippen LogP contribution in [0.4, 0.5) is 15.8 Å². The predicted molar refractivity (Wildman–Crippen MR) is 167 cm³/mol. The molecule has 0 saturated carbocycles. The molecule has 1 aliphatic rings. The summed E-state index contributed by atoms with van der Waals surface area (Å²) >= 11 is 0. The van der Waals surface area contributed by atoms with Gasteiger partial charge in [0.25, 0.3) is 5.91 Å². The van der Waals surface area contributed by atoms with E-state index in [0.29, 0.717) is 35.5 Å². The standard InChI is InChI=1S/C34H33FN6O3/c1-24-9-11-25(12-10-24)22-40(32(42)23-41-31-8-3-2-7-30(31)37-38-41)33(26-5-4-6-27(35)21-26)34(43)36-28-13-15-29(16-14-28)39-17-19-44-20-18-39/h2-16,21,33H,17-20,22-23H2,1H3,(H,36,43). The van der Waals surface area contributed by atoms with Crippen molar-refractivity contribution in [3.63, 3.8) is 0 Å². The van der Waals surface area contributed by atoms with Crippen LogP contribution >= 0.6 is 0 Å². The van der Waals surface area contributed by atoms with E-state index in [1.807, 2.05) is 79.7 Å². The van der Waals surface area contributed by atoms with Crippen LogP contribution < -0.4 is 10.2 Å². The van der Waals surface area contributed by atoms with E-state index in [4.69, 9.17) is 4.74 Å². The number of hydrogen-bond donors (Lipinski definition) is 1. The number of morpholine rings is 1. The molecule has 0 spiro atoms. The summed E-state index contributed by atoms with van der Waals surface area (Å²) in [6, 6.07) is 27.4. The molecule has 5 aromatic rings. The summed E-state index contributed by atoms with van der Waals surface area (Å²) < 4.78 is 21.6. The molecule has 0 aliphatic carbocycles. The number of amides is 2. The van der Waals surface area contributed by atoms with Gasteiger partial charge in [-0.1, -0.05) is 59.3 Å². The Morgan fingerprint density at radius 2 is 1.70 bits per heavy atom. The van der Waals surface area contributed by atoms with Gasteiger partial charge in [0, 0.05) is 31.0 Å². The molecule has 1 saturated heterocycles. The highest BCUT2D eigenvalue weighted by Gasteiger charge is 2.32. The van der Waals surface area contributed by atoms with Crippen molar-refractivity contribution >= 4 is 34.2 Å². The van der Waals surface area contributed by atoms with Crippen LogP contribution in [0, 0.1) is 12.7 Å². The van der Waals surface area contributed by atoms with Crippen LogP contribution in [-0.2, 0) is 27.4 Å². The zero-order valence-corrected chi connectivity index (χ0v) is 24.4. The van der Waals surface area contributed by atoms with Crippen molar-refractivity contribution in [3.05, 3.63) is 120 Å². The topological polar surface area (TPSA) is 92.6 Å². The van der Waals surface area contributed by atoms with Crippen LogP contribution in [0.3, 0.4) is 0 Å². The fraction of sp³-hybridized carbons (Fsp3) is 0.235. The third-order valence-corrected chi connectivity index (χ3v) is 7.73. The molecule has 0 bridgehead atoms. The van der Waals surface area contributed by atoms with Crippen LogP contribution in [0.2, 0.25) is 0 Å². The Bertz CT molecular complexity index is 1750. The number of aryl methyl sites for hydroxylation is 1. The van der Waals surface area contributed by atoms with Crippen molar-refractivity contribution in [3.8, 4) is 0 Å². The number of carbonyl (C=O) groups is 2. The van der Waals surface area contributed by atoms with Gasteiger partial charge in [0.05, 0.1) is 18.7 Å². The normalized spacial score (nSPS) is 13.9. The van der Waals surface area contributed by atoms with Gasteiger partial charge in [-0.15, -0.1) is 5.10 Å². The lowest BCUT2D eigenvalue weighted by Crippen LogP contribution is -2.42. The lowest BCUT2D eigenvalue weighted by Gasteiger charge is -2.32. The SMILES string of the molecule is Cc1ccc(CN(C(=O)Cn2nnc3ccccc32)C(C(=O)Nc2ccc(N3CCOCC3)cc2)c2cccc(F)c2)cc1. The molecule has 44 heavy (non-hydrogen) atoms. The minimum Gasteiger partial charge on any atom is -0.378 e. The summed E-state index contributed by atoms with van der Waals surface area (Å²) in [5.41, 5.74) is 5.21. The van der Waals surface area contributed by atoms with Gasteiger partial charge in [-0.2, -0.15) is 0 Å². The van der Waals surface area contributed by atoms with Crippen molar-refractivity contribution in [1.82, 2.24) is 19.9 Å². The first-order chi connectivity index (χ1) is 21.4. The summed E-state index contributed by atoms with van der Waals surface area (Å²) in [7, 11) is 0. The molecular weight excluding hydrogens is 559 g/mol. The summed E-state index contributed by atoms with van der Waals surface area (Å²) in [5.74, 6) is -1.33. The van der Waals surface area contributed by atoms with Gasteiger partial charge in [0.2, 0.25) is 5.91 Å². The number of aromatic nitrogens is 3. The Morgan fingerprint density at radius 1 is 0.955 bits per heavy atom. The van der Waals surface area contributed by atoms with E-state index in [1.54, 1.807) is 12.1 Å². The number of carbonyl (C=O) groups excluding carboxylic acids is 2. The average molecular weight is 593 g/mol. The molecule has 2 amide bonds. The molecule has 1 aliphatic heterocycles. The van der Waals surface area contributed by atoms with Gasteiger partial charge in [0.1, 0.15) is 23.9 Å². The maximum absolute atomic E-state index is 14.6. The van der Waals surface area contributed by atoms with E-state index < -0.39 is 17.8 Å². The molecule has 1 fully saturated rings. The average Bonchev–Trinajstić information content (AvgIpc) is 3.45. The molecule has 9 nitrogen and oxygen atoms in total. The second-order valence-electron chi connectivity index (χ2n) is 10.8. The van der Waals surface area contributed by atoms with Gasteiger partial charge in [-0.05, 0) is 66.6 Å². The Labute approximate surface area is 254 Å². The molecule has 4 aromatic carbocycles. The van der Waals surface area contributed by atoms with E-state index in [2.05, 4.69) is 20.5 Å². The van der Waals surface area contributed by atoms with E-state index in [9.17, 15) is 14.0 Å². The molecular formula is C34H33FN6O3. The Kier molecular flexibility index (Phi) is 8.60. The first kappa shape index (κ1) is 29.0. The highest BCUT2D eigenvalue weighted by molar-refractivity contribution is 5.98. The minimum absolute atomic E-state index is 0.121. The monoisotopic (exact) mass is 592 g/mol. The van der Waals surface area contributed by atoms with Gasteiger partial charge in [0.15, 0.2) is 0 Å². The van der Waals surface area contributed by atoms with E-state index >= 15 is 0 Å². The maximum Gasteiger partial charge on any atom is 0.251 e. The Morgan fingerprint density at radius 3 is 2.45 bits per heavy atom. The van der Waals surface area contributed by atoms with Crippen molar-refractivity contribution in [1.29, 1.82) is 0 Å². The fourth-order valence-electron chi connectivity index (χ4n) is 5.40. The van der Waals surface area contributed by atoms with Gasteiger partial charge < -0.3 is 19.9 Å². The van der Waals surface area contributed by atoms with Crippen LogP contribution in [0.5, 0.6) is 0 Å². The van der Waals surface area contributed by atoms with Gasteiger partial charge >= 0.3 is 0 Å². The molecule has 1 atom stereocenters. The maximum atomic E-state index is 14.6. The van der Waals surface area contributed by atoms with Crippen molar-refractivity contribution in [2.45, 2.75) is 26.1 Å². The molecule has 0 radical (unpaired) electrons. The third-order valence-electron chi connectivity index (χ3n) is 7.73. The Balaban J connectivity index is 1.33. The van der Waals surface area contributed by atoms with E-state index in [-0.39, 0.29) is 19.0 Å². The Hall–Kier alpha value is -5.09. The summed E-state index contributed by atoms with van der Waals surface area (Å²) in [6.07, 6.45) is 0. The van der Waals surface area contributed by atoms with E-state index in [1.165, 1.54) is 21.7 Å². The zero-order chi connectivity index (χ0) is 30.5. The number of halogens is 1.